The topological polar surface area (TPSA) is 69.6 Å². The second-order valence-electron chi connectivity index (χ2n) is 20.4. The monoisotopic (exact) mass is 888 g/mol. The van der Waals surface area contributed by atoms with E-state index in [2.05, 4.69) is 31.3 Å². The first-order chi connectivity index (χ1) is 31.2. The van der Waals surface area contributed by atoms with Gasteiger partial charge in [0.25, 0.3) is 0 Å². The first-order valence-electron chi connectivity index (χ1n) is 29.4. The number of carbonyl (C=O) groups excluding carboxylic acids is 1. The summed E-state index contributed by atoms with van der Waals surface area (Å²) < 4.78 is 0. The molecule has 2 unspecified atom stereocenters. The van der Waals surface area contributed by atoms with Gasteiger partial charge in [-0.15, -0.1) is 0 Å². The minimum absolute atomic E-state index is 0.0232. The highest BCUT2D eigenvalue weighted by atomic mass is 16.3. The normalized spacial score (nSPS) is 12.8. The fraction of sp³-hybridized carbons (Fsp3) is 0.949. The number of rotatable bonds is 55. The zero-order valence-electron chi connectivity index (χ0n) is 43.4. The molecule has 3 N–H and O–H groups in total. The van der Waals surface area contributed by atoms with Crippen molar-refractivity contribution in [2.24, 2.45) is 0 Å². The highest BCUT2D eigenvalue weighted by Gasteiger charge is 2.20. The molecule has 1 amide bonds. The molecule has 0 saturated heterocycles. The number of unbranched alkanes of at least 4 members (excludes halogenated alkanes) is 46. The van der Waals surface area contributed by atoms with Crippen molar-refractivity contribution in [1.82, 2.24) is 5.32 Å². The second-order valence-corrected chi connectivity index (χ2v) is 20.4. The molecule has 0 aromatic heterocycles. The Morgan fingerprint density at radius 1 is 0.365 bits per heavy atom. The van der Waals surface area contributed by atoms with Crippen molar-refractivity contribution in [3.8, 4) is 0 Å². The van der Waals surface area contributed by atoms with Crippen LogP contribution in [0.4, 0.5) is 0 Å². The van der Waals surface area contributed by atoms with Gasteiger partial charge in [-0.2, -0.15) is 0 Å². The molecule has 4 nitrogen and oxygen atoms in total. The maximum atomic E-state index is 12.5. The summed E-state index contributed by atoms with van der Waals surface area (Å²) >= 11 is 0. The molecule has 2 atom stereocenters. The van der Waals surface area contributed by atoms with Gasteiger partial charge in [-0.25, -0.2) is 0 Å². The van der Waals surface area contributed by atoms with Gasteiger partial charge in [0.2, 0.25) is 5.91 Å². The molecule has 63 heavy (non-hydrogen) atoms. The SMILES string of the molecule is CCCCCCCCCC/C=C\CCCCCCCCCCCCCCCCCCCCCCCC(=O)NC(CO)C(O)CCCCCCCCCCCCCCCCCCCC. The lowest BCUT2D eigenvalue weighted by atomic mass is 10.0. The molecule has 0 aliphatic heterocycles. The van der Waals surface area contributed by atoms with Gasteiger partial charge in [0.15, 0.2) is 0 Å². The fourth-order valence-electron chi connectivity index (χ4n) is 9.54. The second kappa shape index (κ2) is 55.5. The largest absolute Gasteiger partial charge is 0.394 e. The molecule has 0 radical (unpaired) electrons. The molecule has 4 heteroatoms. The lowest BCUT2D eigenvalue weighted by molar-refractivity contribution is -0.123. The van der Waals surface area contributed by atoms with Crippen LogP contribution in [0, 0.1) is 0 Å². The van der Waals surface area contributed by atoms with Crippen molar-refractivity contribution < 1.29 is 15.0 Å². The summed E-state index contributed by atoms with van der Waals surface area (Å²) in [5, 5.41) is 23.3. The van der Waals surface area contributed by atoms with Crippen LogP contribution in [0.1, 0.15) is 341 Å². The van der Waals surface area contributed by atoms with Gasteiger partial charge < -0.3 is 15.5 Å². The Kier molecular flexibility index (Phi) is 54.7. The Balaban J connectivity index is 3.38. The third-order valence-corrected chi connectivity index (χ3v) is 14.0. The van der Waals surface area contributed by atoms with Crippen LogP contribution >= 0.6 is 0 Å². The first-order valence-corrected chi connectivity index (χ1v) is 29.4. The van der Waals surface area contributed by atoms with Gasteiger partial charge >= 0.3 is 0 Å². The van der Waals surface area contributed by atoms with Gasteiger partial charge in [-0.1, -0.05) is 309 Å². The average Bonchev–Trinajstić information content (AvgIpc) is 3.29. The van der Waals surface area contributed by atoms with Gasteiger partial charge in [0.1, 0.15) is 0 Å². The highest BCUT2D eigenvalue weighted by molar-refractivity contribution is 5.76. The van der Waals surface area contributed by atoms with Crippen molar-refractivity contribution in [3.05, 3.63) is 12.2 Å². The number of allylic oxidation sites excluding steroid dienone is 2. The zero-order valence-corrected chi connectivity index (χ0v) is 43.4. The van der Waals surface area contributed by atoms with E-state index < -0.39 is 12.1 Å². The Morgan fingerprint density at radius 2 is 0.603 bits per heavy atom. The third-order valence-electron chi connectivity index (χ3n) is 14.0. The van der Waals surface area contributed by atoms with Crippen LogP contribution < -0.4 is 5.32 Å². The zero-order chi connectivity index (χ0) is 45.6. The van der Waals surface area contributed by atoms with E-state index in [9.17, 15) is 15.0 Å². The van der Waals surface area contributed by atoms with E-state index in [0.717, 1.165) is 25.7 Å². The quantitative estimate of drug-likeness (QED) is 0.0421. The Bertz CT molecular complexity index is 875. The number of aliphatic hydroxyl groups excluding tert-OH is 2. The minimum Gasteiger partial charge on any atom is -0.394 e. The van der Waals surface area contributed by atoms with E-state index in [1.807, 2.05) is 0 Å². The number of amides is 1. The molecule has 0 fully saturated rings. The molecule has 0 aliphatic rings. The van der Waals surface area contributed by atoms with Crippen LogP contribution in [0.15, 0.2) is 12.2 Å². The number of aliphatic hydroxyl groups is 2. The summed E-state index contributed by atoms with van der Waals surface area (Å²) in [4.78, 5) is 12.5. The maximum absolute atomic E-state index is 12.5. The van der Waals surface area contributed by atoms with Crippen molar-refractivity contribution in [3.63, 3.8) is 0 Å². The smallest absolute Gasteiger partial charge is 0.220 e. The molecule has 0 rings (SSSR count). The number of carbonyl (C=O) groups is 1. The fourth-order valence-corrected chi connectivity index (χ4v) is 9.54. The number of hydrogen-bond acceptors (Lipinski definition) is 3. The lowest BCUT2D eigenvalue weighted by Gasteiger charge is -2.22. The molecule has 0 aromatic rings. The molecule has 0 aliphatic carbocycles. The molecule has 376 valence electrons. The van der Waals surface area contributed by atoms with Crippen LogP contribution in [0.2, 0.25) is 0 Å². The summed E-state index contributed by atoms with van der Waals surface area (Å²) in [6.45, 7) is 4.40. The molecular formula is C59H117NO3. The Labute approximate surface area is 397 Å². The Hall–Kier alpha value is -0.870. The molecule has 0 bridgehead atoms. The first kappa shape index (κ1) is 62.1. The van der Waals surface area contributed by atoms with Crippen molar-refractivity contribution in [2.75, 3.05) is 6.61 Å². The van der Waals surface area contributed by atoms with Crippen molar-refractivity contribution in [2.45, 2.75) is 353 Å². The van der Waals surface area contributed by atoms with Crippen LogP contribution in [0.25, 0.3) is 0 Å². The predicted molar refractivity (Wildman–Crippen MR) is 281 cm³/mol. The van der Waals surface area contributed by atoms with Crippen LogP contribution in [0.3, 0.4) is 0 Å². The standard InChI is InChI=1S/C59H117NO3/c1-3-5-7-9-11-13-15-17-19-21-23-24-25-26-27-28-29-30-31-32-33-34-35-36-37-39-41-43-45-47-49-51-53-55-59(63)60-57(56-61)58(62)54-52-50-48-46-44-42-40-38-22-20-18-16-14-12-10-8-6-4-2/h21,23,57-58,61-62H,3-20,22,24-56H2,1-2H3,(H,60,63)/b23-21-. The third kappa shape index (κ3) is 52.0. The predicted octanol–water partition coefficient (Wildman–Crippen LogP) is 19.3. The van der Waals surface area contributed by atoms with E-state index in [1.54, 1.807) is 0 Å². The molecule has 0 saturated carbocycles. The van der Waals surface area contributed by atoms with Gasteiger partial charge in [-0.05, 0) is 38.5 Å². The Morgan fingerprint density at radius 3 is 0.873 bits per heavy atom. The van der Waals surface area contributed by atoms with Crippen molar-refractivity contribution >= 4 is 5.91 Å². The van der Waals surface area contributed by atoms with E-state index in [4.69, 9.17) is 0 Å². The molecule has 0 aromatic carbocycles. The summed E-state index contributed by atoms with van der Waals surface area (Å²) in [5.74, 6) is -0.0232. The average molecular weight is 889 g/mol. The van der Waals surface area contributed by atoms with Crippen LogP contribution in [-0.2, 0) is 4.79 Å². The molecule has 0 heterocycles. The van der Waals surface area contributed by atoms with Crippen molar-refractivity contribution in [1.29, 1.82) is 0 Å². The van der Waals surface area contributed by atoms with Gasteiger partial charge in [0, 0.05) is 6.42 Å². The number of nitrogens with one attached hydrogen (secondary N) is 1. The van der Waals surface area contributed by atoms with E-state index in [1.165, 1.54) is 289 Å². The summed E-state index contributed by atoms with van der Waals surface area (Å²) in [6.07, 6.45) is 72.2. The summed E-state index contributed by atoms with van der Waals surface area (Å²) in [5.41, 5.74) is 0. The van der Waals surface area contributed by atoms with Crippen LogP contribution in [-0.4, -0.2) is 34.9 Å². The highest BCUT2D eigenvalue weighted by Crippen LogP contribution is 2.18. The lowest BCUT2D eigenvalue weighted by Crippen LogP contribution is -2.45. The summed E-state index contributed by atoms with van der Waals surface area (Å²) in [7, 11) is 0. The van der Waals surface area contributed by atoms with Crippen LogP contribution in [0.5, 0.6) is 0 Å². The van der Waals surface area contributed by atoms with E-state index in [-0.39, 0.29) is 12.5 Å². The van der Waals surface area contributed by atoms with E-state index in [0.29, 0.717) is 12.8 Å². The minimum atomic E-state index is -0.656. The maximum Gasteiger partial charge on any atom is 0.220 e. The molecular weight excluding hydrogens is 771 g/mol. The number of hydrogen-bond donors (Lipinski definition) is 3. The van der Waals surface area contributed by atoms with E-state index >= 15 is 0 Å². The van der Waals surface area contributed by atoms with Gasteiger partial charge in [0.05, 0.1) is 18.8 Å². The van der Waals surface area contributed by atoms with Gasteiger partial charge in [-0.3, -0.25) is 4.79 Å². The molecule has 0 spiro atoms. The summed E-state index contributed by atoms with van der Waals surface area (Å²) in [6, 6.07) is -0.532.